The first-order valence-corrected chi connectivity index (χ1v) is 6.75. The Kier molecular flexibility index (Phi) is 3.08. The van der Waals surface area contributed by atoms with Crippen molar-refractivity contribution in [3.8, 4) is 0 Å². The van der Waals surface area contributed by atoms with E-state index in [0.29, 0.717) is 11.8 Å². The molecule has 1 heterocycles. The second kappa shape index (κ2) is 4.88. The normalized spacial score (nSPS) is 13.0. The van der Waals surface area contributed by atoms with Gasteiger partial charge in [0.05, 0.1) is 11.0 Å². The summed E-state index contributed by atoms with van der Waals surface area (Å²) in [7, 11) is 0. The zero-order valence-electron chi connectivity index (χ0n) is 11.3. The second-order valence-electron chi connectivity index (χ2n) is 5.27. The van der Waals surface area contributed by atoms with Crippen LogP contribution in [0, 0.1) is 5.92 Å². The summed E-state index contributed by atoms with van der Waals surface area (Å²) in [5.74, 6) is 1.87. The van der Waals surface area contributed by atoms with Gasteiger partial charge in [-0.3, -0.25) is 0 Å². The molecule has 0 aliphatic rings. The fourth-order valence-electron chi connectivity index (χ4n) is 2.64. The Bertz CT molecular complexity index is 635. The van der Waals surface area contributed by atoms with Crippen molar-refractivity contribution in [2.45, 2.75) is 19.8 Å². The maximum atomic E-state index is 4.76. The molecule has 3 rings (SSSR count). The molecule has 1 atom stereocenters. The highest BCUT2D eigenvalue weighted by atomic mass is 14.9. The number of fused-ring (bicyclic) bond motifs is 1. The summed E-state index contributed by atoms with van der Waals surface area (Å²) in [6.45, 7) is 4.48. The largest absolute Gasteiger partial charge is 0.341 e. The third kappa shape index (κ3) is 2.26. The Hall–Kier alpha value is -2.09. The van der Waals surface area contributed by atoms with Crippen molar-refractivity contribution in [2.24, 2.45) is 5.92 Å². The van der Waals surface area contributed by atoms with E-state index < -0.39 is 0 Å². The van der Waals surface area contributed by atoms with E-state index in [1.54, 1.807) is 0 Å². The standard InChI is InChI=1S/C17H18N2/c1-12(2)16(13-8-4-3-5-9-13)17-18-14-10-6-7-11-15(14)19-17/h3-12,16H,1-2H3,(H,18,19). The number of aromatic nitrogens is 2. The summed E-state index contributed by atoms with van der Waals surface area (Å²) in [6, 6.07) is 18.8. The minimum Gasteiger partial charge on any atom is -0.341 e. The Morgan fingerprint density at radius 3 is 2.26 bits per heavy atom. The highest BCUT2D eigenvalue weighted by Gasteiger charge is 2.21. The summed E-state index contributed by atoms with van der Waals surface area (Å²) in [5.41, 5.74) is 3.47. The number of aromatic amines is 1. The zero-order chi connectivity index (χ0) is 13.2. The van der Waals surface area contributed by atoms with E-state index in [1.165, 1.54) is 5.56 Å². The first-order chi connectivity index (χ1) is 9.25. The number of nitrogens with one attached hydrogen (secondary N) is 1. The zero-order valence-corrected chi connectivity index (χ0v) is 11.3. The first kappa shape index (κ1) is 12.0. The van der Waals surface area contributed by atoms with Crippen molar-refractivity contribution >= 4 is 11.0 Å². The fourth-order valence-corrected chi connectivity index (χ4v) is 2.64. The Morgan fingerprint density at radius 2 is 1.58 bits per heavy atom. The number of nitrogens with zero attached hydrogens (tertiary/aromatic N) is 1. The van der Waals surface area contributed by atoms with Crippen LogP contribution >= 0.6 is 0 Å². The molecule has 2 aromatic carbocycles. The average Bonchev–Trinajstić information content (AvgIpc) is 2.82. The molecule has 0 spiro atoms. The van der Waals surface area contributed by atoms with E-state index in [2.05, 4.69) is 61.3 Å². The van der Waals surface area contributed by atoms with Gasteiger partial charge in [0.2, 0.25) is 0 Å². The van der Waals surface area contributed by atoms with Crippen molar-refractivity contribution in [3.05, 3.63) is 66.0 Å². The first-order valence-electron chi connectivity index (χ1n) is 6.75. The van der Waals surface area contributed by atoms with Gasteiger partial charge in [0.1, 0.15) is 5.82 Å². The lowest BCUT2D eigenvalue weighted by Crippen LogP contribution is -2.10. The summed E-state index contributed by atoms with van der Waals surface area (Å²) in [5, 5.41) is 0. The highest BCUT2D eigenvalue weighted by molar-refractivity contribution is 5.75. The SMILES string of the molecule is CC(C)C(c1ccccc1)c1nc2ccccc2[nH]1. The topological polar surface area (TPSA) is 28.7 Å². The van der Waals surface area contributed by atoms with Crippen LogP contribution in [-0.4, -0.2) is 9.97 Å². The number of hydrogen-bond donors (Lipinski definition) is 1. The molecular formula is C17H18N2. The average molecular weight is 250 g/mol. The van der Waals surface area contributed by atoms with E-state index in [-0.39, 0.29) is 0 Å². The van der Waals surface area contributed by atoms with Gasteiger partial charge in [0, 0.05) is 5.92 Å². The molecule has 19 heavy (non-hydrogen) atoms. The minimum absolute atomic E-state index is 0.314. The van der Waals surface area contributed by atoms with E-state index in [9.17, 15) is 0 Å². The van der Waals surface area contributed by atoms with Crippen molar-refractivity contribution in [2.75, 3.05) is 0 Å². The quantitative estimate of drug-likeness (QED) is 0.735. The van der Waals surface area contributed by atoms with Gasteiger partial charge in [-0.25, -0.2) is 4.98 Å². The monoisotopic (exact) mass is 250 g/mol. The van der Waals surface area contributed by atoms with E-state index >= 15 is 0 Å². The van der Waals surface area contributed by atoms with Gasteiger partial charge in [0.15, 0.2) is 0 Å². The molecule has 0 saturated carbocycles. The second-order valence-corrected chi connectivity index (χ2v) is 5.27. The highest BCUT2D eigenvalue weighted by Crippen LogP contribution is 2.30. The Labute approximate surface area is 113 Å². The third-order valence-corrected chi connectivity index (χ3v) is 3.53. The third-order valence-electron chi connectivity index (χ3n) is 3.53. The maximum Gasteiger partial charge on any atom is 0.115 e. The summed E-state index contributed by atoms with van der Waals surface area (Å²) < 4.78 is 0. The molecule has 1 aromatic heterocycles. The molecule has 0 aliphatic heterocycles. The summed E-state index contributed by atoms with van der Waals surface area (Å²) >= 11 is 0. The lowest BCUT2D eigenvalue weighted by molar-refractivity contribution is 0.544. The van der Waals surface area contributed by atoms with Crippen LogP contribution in [-0.2, 0) is 0 Å². The van der Waals surface area contributed by atoms with Crippen molar-refractivity contribution < 1.29 is 0 Å². The van der Waals surface area contributed by atoms with Gasteiger partial charge >= 0.3 is 0 Å². The number of H-pyrrole nitrogens is 1. The molecule has 0 fully saturated rings. The van der Waals surface area contributed by atoms with E-state index in [1.807, 2.05) is 12.1 Å². The smallest absolute Gasteiger partial charge is 0.115 e. The van der Waals surface area contributed by atoms with E-state index in [0.717, 1.165) is 16.9 Å². The Morgan fingerprint density at radius 1 is 0.895 bits per heavy atom. The molecule has 1 unspecified atom stereocenters. The van der Waals surface area contributed by atoms with Crippen LogP contribution in [0.1, 0.15) is 31.2 Å². The summed E-state index contributed by atoms with van der Waals surface area (Å²) in [4.78, 5) is 8.22. The molecular weight excluding hydrogens is 232 g/mol. The molecule has 0 saturated heterocycles. The molecule has 0 radical (unpaired) electrons. The van der Waals surface area contributed by atoms with Gasteiger partial charge in [-0.15, -0.1) is 0 Å². The predicted molar refractivity (Wildman–Crippen MR) is 79.2 cm³/mol. The number of rotatable bonds is 3. The molecule has 96 valence electrons. The minimum atomic E-state index is 0.314. The molecule has 2 nitrogen and oxygen atoms in total. The van der Waals surface area contributed by atoms with Crippen LogP contribution in [0.2, 0.25) is 0 Å². The van der Waals surface area contributed by atoms with Crippen LogP contribution in [0.4, 0.5) is 0 Å². The number of hydrogen-bond acceptors (Lipinski definition) is 1. The van der Waals surface area contributed by atoms with Gasteiger partial charge < -0.3 is 4.98 Å². The predicted octanol–water partition coefficient (Wildman–Crippen LogP) is 4.35. The van der Waals surface area contributed by atoms with Crippen LogP contribution in [0.3, 0.4) is 0 Å². The molecule has 1 N–H and O–H groups in total. The van der Waals surface area contributed by atoms with Crippen LogP contribution in [0.15, 0.2) is 54.6 Å². The molecule has 2 heteroatoms. The fraction of sp³-hybridized carbons (Fsp3) is 0.235. The number of imidazole rings is 1. The Balaban J connectivity index is 2.10. The van der Waals surface area contributed by atoms with Gasteiger partial charge in [-0.1, -0.05) is 56.3 Å². The van der Waals surface area contributed by atoms with Gasteiger partial charge in [0.25, 0.3) is 0 Å². The lowest BCUT2D eigenvalue weighted by Gasteiger charge is -2.19. The lowest BCUT2D eigenvalue weighted by atomic mass is 9.88. The van der Waals surface area contributed by atoms with Crippen LogP contribution < -0.4 is 0 Å². The number of para-hydroxylation sites is 2. The van der Waals surface area contributed by atoms with Crippen molar-refractivity contribution in [1.29, 1.82) is 0 Å². The molecule has 0 aliphatic carbocycles. The van der Waals surface area contributed by atoms with Crippen LogP contribution in [0.25, 0.3) is 11.0 Å². The van der Waals surface area contributed by atoms with Crippen molar-refractivity contribution in [1.82, 2.24) is 9.97 Å². The van der Waals surface area contributed by atoms with E-state index in [4.69, 9.17) is 4.98 Å². The molecule has 0 amide bonds. The van der Waals surface area contributed by atoms with Gasteiger partial charge in [-0.2, -0.15) is 0 Å². The number of benzene rings is 2. The summed E-state index contributed by atoms with van der Waals surface area (Å²) in [6.07, 6.45) is 0. The maximum absolute atomic E-state index is 4.76. The van der Waals surface area contributed by atoms with Crippen molar-refractivity contribution in [3.63, 3.8) is 0 Å². The van der Waals surface area contributed by atoms with Gasteiger partial charge in [-0.05, 0) is 23.6 Å². The molecule has 0 bridgehead atoms. The van der Waals surface area contributed by atoms with Crippen LogP contribution in [0.5, 0.6) is 0 Å². The molecule has 3 aromatic rings.